The summed E-state index contributed by atoms with van der Waals surface area (Å²) in [7, 11) is 0. The zero-order valence-corrected chi connectivity index (χ0v) is 30.2. The van der Waals surface area contributed by atoms with Crippen molar-refractivity contribution in [3.8, 4) is 34.4 Å². The Morgan fingerprint density at radius 2 is 0.909 bits per heavy atom. The van der Waals surface area contributed by atoms with E-state index in [-0.39, 0.29) is 0 Å². The van der Waals surface area contributed by atoms with Crippen LogP contribution in [0.4, 0.5) is 0 Å². The Morgan fingerprint density at radius 1 is 0.364 bits per heavy atom. The van der Waals surface area contributed by atoms with Gasteiger partial charge in [-0.3, -0.25) is 4.57 Å². The molecule has 12 aromatic rings. The molecule has 8 aromatic carbocycles. The van der Waals surface area contributed by atoms with Gasteiger partial charge in [0.15, 0.2) is 11.6 Å². The number of hydrogen-bond acceptors (Lipinski definition) is 4. The van der Waals surface area contributed by atoms with Gasteiger partial charge in [0.05, 0.1) is 32.5 Å². The molecular formula is C49H29N5S. The molecule has 0 aliphatic carbocycles. The van der Waals surface area contributed by atoms with Gasteiger partial charge in [-0.15, -0.1) is 11.3 Å². The summed E-state index contributed by atoms with van der Waals surface area (Å²) in [4.78, 5) is 15.8. The Kier molecular flexibility index (Phi) is 6.44. The van der Waals surface area contributed by atoms with Crippen molar-refractivity contribution in [2.24, 2.45) is 0 Å². The maximum absolute atomic E-state index is 5.31. The summed E-state index contributed by atoms with van der Waals surface area (Å²) >= 11 is 1.85. The number of nitrogens with zero attached hydrogens (tertiary/aromatic N) is 5. The highest BCUT2D eigenvalue weighted by Gasteiger charge is 2.20. The Hall–Kier alpha value is -7.15. The lowest BCUT2D eigenvalue weighted by molar-refractivity contribution is 0.954. The van der Waals surface area contributed by atoms with Crippen LogP contribution in [0.3, 0.4) is 0 Å². The Morgan fingerprint density at radius 3 is 1.64 bits per heavy atom. The number of para-hydroxylation sites is 3. The first-order chi connectivity index (χ1) is 27.3. The summed E-state index contributed by atoms with van der Waals surface area (Å²) < 4.78 is 7.16. The van der Waals surface area contributed by atoms with Gasteiger partial charge in [0.2, 0.25) is 5.95 Å². The third kappa shape index (κ3) is 4.55. The predicted molar refractivity (Wildman–Crippen MR) is 230 cm³/mol. The van der Waals surface area contributed by atoms with Crippen LogP contribution < -0.4 is 0 Å². The van der Waals surface area contributed by atoms with Crippen molar-refractivity contribution < 1.29 is 0 Å². The second-order valence-electron chi connectivity index (χ2n) is 14.1. The van der Waals surface area contributed by atoms with E-state index < -0.39 is 0 Å². The Labute approximate surface area is 319 Å². The van der Waals surface area contributed by atoms with Gasteiger partial charge in [0, 0.05) is 48.1 Å². The molecule has 0 N–H and O–H groups in total. The molecule has 0 atom stereocenters. The molecule has 0 spiro atoms. The highest BCUT2D eigenvalue weighted by Crippen LogP contribution is 2.42. The molecule has 0 amide bonds. The van der Waals surface area contributed by atoms with Crippen LogP contribution in [0.15, 0.2) is 176 Å². The number of fused-ring (bicyclic) bond motifs is 10. The van der Waals surface area contributed by atoms with Crippen LogP contribution >= 0.6 is 11.3 Å². The van der Waals surface area contributed by atoms with E-state index in [1.54, 1.807) is 0 Å². The van der Waals surface area contributed by atoms with Gasteiger partial charge in [-0.2, -0.15) is 9.97 Å². The fraction of sp³-hybridized carbons (Fsp3) is 0. The van der Waals surface area contributed by atoms with Gasteiger partial charge in [-0.25, -0.2) is 4.98 Å². The number of thiophene rings is 1. The average molecular weight is 720 g/mol. The lowest BCUT2D eigenvalue weighted by atomic mass is 10.1. The Balaban J connectivity index is 1.14. The highest BCUT2D eigenvalue weighted by atomic mass is 32.1. The van der Waals surface area contributed by atoms with Crippen LogP contribution in [0.25, 0.3) is 109 Å². The molecule has 0 bridgehead atoms. The fourth-order valence-corrected chi connectivity index (χ4v) is 9.67. The predicted octanol–water partition coefficient (Wildman–Crippen LogP) is 12.9. The van der Waals surface area contributed by atoms with Crippen LogP contribution in [-0.2, 0) is 0 Å². The van der Waals surface area contributed by atoms with Crippen LogP contribution in [0.1, 0.15) is 0 Å². The van der Waals surface area contributed by atoms with Crippen molar-refractivity contribution >= 4 is 85.9 Å². The average Bonchev–Trinajstić information content (AvgIpc) is 3.91. The number of benzene rings is 8. The van der Waals surface area contributed by atoms with Crippen molar-refractivity contribution in [1.82, 2.24) is 24.1 Å². The quantitative estimate of drug-likeness (QED) is 0.182. The maximum atomic E-state index is 5.31. The molecule has 0 radical (unpaired) electrons. The van der Waals surface area contributed by atoms with Gasteiger partial charge >= 0.3 is 0 Å². The molecule has 0 aliphatic heterocycles. The smallest absolute Gasteiger partial charge is 0.238 e. The molecule has 6 heteroatoms. The second-order valence-corrected chi connectivity index (χ2v) is 15.1. The molecular weight excluding hydrogens is 691 g/mol. The van der Waals surface area contributed by atoms with E-state index >= 15 is 0 Å². The van der Waals surface area contributed by atoms with E-state index in [9.17, 15) is 0 Å². The molecule has 12 rings (SSSR count). The lowest BCUT2D eigenvalue weighted by Gasteiger charge is -2.12. The zero-order chi connectivity index (χ0) is 36.0. The summed E-state index contributed by atoms with van der Waals surface area (Å²) in [6, 6.07) is 62.5. The molecule has 4 aromatic heterocycles. The van der Waals surface area contributed by atoms with Gasteiger partial charge in [0.25, 0.3) is 0 Å². The largest absolute Gasteiger partial charge is 0.308 e. The molecule has 4 heterocycles. The van der Waals surface area contributed by atoms with Crippen molar-refractivity contribution in [3.63, 3.8) is 0 Å². The van der Waals surface area contributed by atoms with E-state index in [0.29, 0.717) is 17.6 Å². The van der Waals surface area contributed by atoms with Crippen molar-refractivity contribution in [2.75, 3.05) is 0 Å². The highest BCUT2D eigenvalue weighted by molar-refractivity contribution is 7.26. The maximum Gasteiger partial charge on any atom is 0.238 e. The normalized spacial score (nSPS) is 12.0. The summed E-state index contributed by atoms with van der Waals surface area (Å²) in [6.07, 6.45) is 0. The van der Waals surface area contributed by atoms with Crippen LogP contribution in [-0.4, -0.2) is 24.1 Å². The van der Waals surface area contributed by atoms with E-state index in [1.165, 1.54) is 42.0 Å². The summed E-state index contributed by atoms with van der Waals surface area (Å²) in [5.41, 5.74) is 7.41. The minimum absolute atomic E-state index is 0.584. The van der Waals surface area contributed by atoms with Crippen LogP contribution in [0.5, 0.6) is 0 Å². The van der Waals surface area contributed by atoms with Gasteiger partial charge < -0.3 is 4.57 Å². The third-order valence-electron chi connectivity index (χ3n) is 11.0. The lowest BCUT2D eigenvalue weighted by Crippen LogP contribution is -2.06. The zero-order valence-electron chi connectivity index (χ0n) is 29.4. The van der Waals surface area contributed by atoms with Gasteiger partial charge in [-0.1, -0.05) is 133 Å². The van der Waals surface area contributed by atoms with Gasteiger partial charge in [0.1, 0.15) is 0 Å². The fourth-order valence-electron chi connectivity index (χ4n) is 8.47. The van der Waals surface area contributed by atoms with Crippen LogP contribution in [0, 0.1) is 0 Å². The van der Waals surface area contributed by atoms with E-state index in [0.717, 1.165) is 49.4 Å². The SMILES string of the molecule is c1ccc2cc(-c3nc(-c4ccc5c6ccccc6n(-c6cccc7c6sc6ccccc67)c5c4)nc(-n4c5ccccc5c5ccccc54)n3)ccc2c1. The standard InChI is InChI=1S/C49H29N5S/c1-2-13-31-28-32(25-24-30(31)12-1)47-50-48(52-49(51-47)54-41-20-8-4-14-34(41)35-15-5-9-21-42(35)54)33-26-27-37-36-16-3-7-19-40(36)53(44(37)29-33)43-22-11-18-39-38-17-6-10-23-45(38)55-46(39)43/h1-29H. The topological polar surface area (TPSA) is 48.5 Å². The first-order valence-corrected chi connectivity index (χ1v) is 19.3. The van der Waals surface area contributed by atoms with Gasteiger partial charge in [-0.05, 0) is 53.2 Å². The Bertz CT molecular complexity index is 3460. The molecule has 0 saturated carbocycles. The third-order valence-corrected chi connectivity index (χ3v) is 12.2. The first kappa shape index (κ1) is 30.3. The minimum atomic E-state index is 0.584. The van der Waals surface area contributed by atoms with Crippen LogP contribution in [0.2, 0.25) is 0 Å². The monoisotopic (exact) mass is 719 g/mol. The number of aromatic nitrogens is 5. The molecule has 55 heavy (non-hydrogen) atoms. The molecule has 0 fully saturated rings. The number of hydrogen-bond donors (Lipinski definition) is 0. The van der Waals surface area contributed by atoms with Crippen molar-refractivity contribution in [1.29, 1.82) is 0 Å². The molecule has 5 nitrogen and oxygen atoms in total. The van der Waals surface area contributed by atoms with E-state index in [2.05, 4.69) is 185 Å². The van der Waals surface area contributed by atoms with Crippen molar-refractivity contribution in [3.05, 3.63) is 176 Å². The van der Waals surface area contributed by atoms with Crippen molar-refractivity contribution in [2.45, 2.75) is 0 Å². The summed E-state index contributed by atoms with van der Waals surface area (Å²) in [5, 5.41) is 9.59. The molecule has 0 unspecified atom stereocenters. The minimum Gasteiger partial charge on any atom is -0.308 e. The summed E-state index contributed by atoms with van der Waals surface area (Å²) in [5.74, 6) is 1.83. The molecule has 0 saturated heterocycles. The molecule has 256 valence electrons. The number of rotatable bonds is 4. The summed E-state index contributed by atoms with van der Waals surface area (Å²) in [6.45, 7) is 0. The second kappa shape index (κ2) is 11.7. The molecule has 0 aliphatic rings. The first-order valence-electron chi connectivity index (χ1n) is 18.4. The van der Waals surface area contributed by atoms with E-state index in [4.69, 9.17) is 15.0 Å². The van der Waals surface area contributed by atoms with E-state index in [1.807, 2.05) is 11.3 Å².